The maximum atomic E-state index is 2.69. The fourth-order valence-corrected chi connectivity index (χ4v) is 34.2. The molecule has 0 aromatic carbocycles. The van der Waals surface area contributed by atoms with Crippen molar-refractivity contribution in [2.75, 3.05) is 0 Å². The van der Waals surface area contributed by atoms with Crippen molar-refractivity contribution in [2.45, 2.75) is 479 Å². The second-order valence-corrected chi connectivity index (χ2v) is 53.1. The topological polar surface area (TPSA) is 0 Å². The van der Waals surface area contributed by atoms with Crippen molar-refractivity contribution in [1.82, 2.24) is 0 Å². The molecule has 0 fully saturated rings. The third kappa shape index (κ3) is 36.7. The first kappa shape index (κ1) is 109. The van der Waals surface area contributed by atoms with Crippen LogP contribution in [0.15, 0.2) is 109 Å². The number of unbranched alkanes of at least 4 members (excludes halogenated alkanes) is 54. The predicted molar refractivity (Wildman–Crippen MR) is 624 cm³/mol. The molecule has 0 bridgehead atoms. The minimum atomic E-state index is 1.15. The van der Waals surface area contributed by atoms with Crippen molar-refractivity contribution in [3.8, 4) is 107 Å². The highest BCUT2D eigenvalue weighted by Crippen LogP contribution is 2.54. The van der Waals surface area contributed by atoms with Crippen LogP contribution >= 0.6 is 136 Å². The summed E-state index contributed by atoms with van der Waals surface area (Å²) in [6.45, 7) is 18.7. The van der Waals surface area contributed by atoms with E-state index in [1.54, 1.807) is 33.4 Å². The van der Waals surface area contributed by atoms with Gasteiger partial charge in [-0.3, -0.25) is 0 Å². The molecule has 134 heavy (non-hydrogen) atoms. The van der Waals surface area contributed by atoms with Crippen molar-refractivity contribution < 1.29 is 0 Å². The van der Waals surface area contributed by atoms with Crippen molar-refractivity contribution in [3.63, 3.8) is 0 Å². The van der Waals surface area contributed by atoms with Gasteiger partial charge < -0.3 is 0 Å². The van der Waals surface area contributed by atoms with Gasteiger partial charge in [-0.05, 0) is 233 Å². The molecule has 12 heterocycles. The zero-order valence-electron chi connectivity index (χ0n) is 85.0. The maximum Gasteiger partial charge on any atom is 0.0481 e. The number of hydrogen-bond donors (Lipinski definition) is 0. The summed E-state index contributed by atoms with van der Waals surface area (Å²) in [6, 6.07) is 45.4. The molecule has 0 unspecified atom stereocenters. The maximum absolute atomic E-state index is 2.69. The predicted octanol–water partition coefficient (Wildman–Crippen LogP) is 48.2. The Balaban J connectivity index is 0.808. The van der Waals surface area contributed by atoms with Crippen LogP contribution in [0.4, 0.5) is 0 Å². The second kappa shape index (κ2) is 64.1. The Labute approximate surface area is 866 Å². The van der Waals surface area contributed by atoms with Crippen molar-refractivity contribution in [1.29, 1.82) is 0 Å². The molecule has 0 aliphatic heterocycles. The first-order valence-corrected chi connectivity index (χ1v) is 65.2. The Kier molecular flexibility index (Phi) is 52.3. The van der Waals surface area contributed by atoms with Crippen LogP contribution in [0.25, 0.3) is 107 Å². The molecule has 0 aliphatic carbocycles. The van der Waals surface area contributed by atoms with Crippen LogP contribution in [0.3, 0.4) is 0 Å². The summed E-state index contributed by atoms with van der Waals surface area (Å²) in [5.41, 5.74) is 9.47. The smallest absolute Gasteiger partial charge is 0.0481 e. The molecule has 0 N–H and O–H groups in total. The van der Waals surface area contributed by atoms with Crippen molar-refractivity contribution >= 4 is 136 Å². The molecule has 12 rings (SSSR count). The van der Waals surface area contributed by atoms with Gasteiger partial charge in [-0.25, -0.2) is 0 Å². The fraction of sp³-hybridized carbons (Fsp3) is 0.607. The molecule has 12 aromatic rings. The SMILES string of the molecule is CCCCCCCCCCCCc1cc(-c2cc(CCCCCCCCCCCC)c(-c3ccc(-c4ccc(-c5sc(-c6cc(CCCCCCCCCCCC)c(-c7ccc(-c8ccc(-c9sc(-c%10cc(CCCCCCCCCCCC)c(-c%11ccc(-c%12ccc(C)s%12)s%11)s%10)cc9CCCCCCCCCCCC)s8)s7)s6)cc5CCCCCCCCCCCC)s4)s3)s2)sc1C. The van der Waals surface area contributed by atoms with Gasteiger partial charge in [0.25, 0.3) is 0 Å². The molecule has 0 spiro atoms. The Hall–Kier alpha value is -3.60. The van der Waals surface area contributed by atoms with E-state index in [0.29, 0.717) is 0 Å². The third-order valence-corrected chi connectivity index (χ3v) is 43.7. The van der Waals surface area contributed by atoms with Gasteiger partial charge in [-0.2, -0.15) is 0 Å². The average molecular weight is 2030 g/mol. The first-order valence-electron chi connectivity index (χ1n) is 55.4. The van der Waals surface area contributed by atoms with Gasteiger partial charge in [-0.1, -0.05) is 388 Å². The van der Waals surface area contributed by atoms with Crippen LogP contribution < -0.4 is 0 Å². The lowest BCUT2D eigenvalue weighted by molar-refractivity contribution is 0.556. The van der Waals surface area contributed by atoms with Gasteiger partial charge in [0.1, 0.15) is 0 Å². The monoisotopic (exact) mass is 2020 g/mol. The Morgan fingerprint density at radius 3 is 0.470 bits per heavy atom. The van der Waals surface area contributed by atoms with E-state index < -0.39 is 0 Å². The van der Waals surface area contributed by atoms with E-state index in [9.17, 15) is 0 Å². The molecule has 0 saturated heterocycles. The first-order chi connectivity index (χ1) is 66.1. The Morgan fingerprint density at radius 2 is 0.284 bits per heavy atom. The lowest BCUT2D eigenvalue weighted by atomic mass is 10.0. The second-order valence-electron chi connectivity index (χ2n) is 39.8. The molecule has 0 radical (unpaired) electrons. The molecule has 12 aromatic heterocycles. The highest BCUT2D eigenvalue weighted by atomic mass is 32.1. The van der Waals surface area contributed by atoms with Crippen LogP contribution in [0, 0.1) is 13.8 Å². The average Bonchev–Trinajstić information content (AvgIpc) is 1.62. The minimum Gasteiger partial charge on any atom is -0.140 e. The highest BCUT2D eigenvalue weighted by Gasteiger charge is 2.26. The summed E-state index contributed by atoms with van der Waals surface area (Å²) >= 11 is 24.8. The molecule has 0 atom stereocenters. The van der Waals surface area contributed by atoms with Gasteiger partial charge in [0.2, 0.25) is 0 Å². The van der Waals surface area contributed by atoms with Crippen LogP contribution in [-0.4, -0.2) is 0 Å². The van der Waals surface area contributed by atoms with Crippen LogP contribution in [0.2, 0.25) is 0 Å². The van der Waals surface area contributed by atoms with E-state index in [2.05, 4.69) is 278 Å². The summed E-state index contributed by atoms with van der Waals surface area (Å²) in [7, 11) is 0. The molecule has 12 heteroatoms. The number of hydrogen-bond acceptors (Lipinski definition) is 12. The Bertz CT molecular complexity index is 5080. The molecular formula is C122H174S12. The molecule has 0 saturated carbocycles. The zero-order valence-corrected chi connectivity index (χ0v) is 94.8. The Morgan fingerprint density at radius 1 is 0.134 bits per heavy atom. The molecule has 0 aliphatic rings. The summed E-state index contributed by atoms with van der Waals surface area (Å²) in [5, 5.41) is 0. The zero-order chi connectivity index (χ0) is 93.2. The largest absolute Gasteiger partial charge is 0.140 e. The molecular weight excluding hydrogens is 1850 g/mol. The lowest BCUT2D eigenvalue weighted by Crippen LogP contribution is -1.87. The number of thiophene rings is 12. The summed E-state index contributed by atoms with van der Waals surface area (Å²) in [6.07, 6.45) is 89.5. The third-order valence-electron chi connectivity index (χ3n) is 28.2. The van der Waals surface area contributed by atoms with Gasteiger partial charge in [0, 0.05) is 117 Å². The normalized spacial score (nSPS) is 11.9. The molecule has 0 amide bonds. The van der Waals surface area contributed by atoms with E-state index in [1.807, 2.05) is 22.7 Å². The summed E-state index contributed by atoms with van der Waals surface area (Å²) < 4.78 is 0. The van der Waals surface area contributed by atoms with Gasteiger partial charge in [-0.15, -0.1) is 136 Å². The summed E-state index contributed by atoms with van der Waals surface area (Å²) in [4.78, 5) is 35.2. The van der Waals surface area contributed by atoms with Gasteiger partial charge in [0.05, 0.1) is 0 Å². The minimum absolute atomic E-state index is 1.15. The van der Waals surface area contributed by atoms with E-state index >= 15 is 0 Å². The van der Waals surface area contributed by atoms with Crippen LogP contribution in [0.5, 0.6) is 0 Å². The number of aryl methyl sites for hydroxylation is 8. The van der Waals surface area contributed by atoms with E-state index in [1.165, 1.54) is 522 Å². The number of rotatable bonds is 77. The standard InChI is InChI=1S/C122H174S12/c1-9-15-21-27-33-39-45-51-57-63-69-95-87-112(124-94(95)8)113-88-96(70-64-58-52-46-40-34-28-22-16-10-2)118(130-113)108-83-78-103(126-108)104-79-84-109(127-104)121-99(73-67-61-55-49-43-37-31-25-19-13-5)91-116(133-121)117-92-100(74-68-62-56-50-44-38-32-26-20-14-6)122(134-117)111-86-81-106(129-111)105-80-85-110(128-105)120-98(72-66-60-54-48-42-36-30-24-18-12-4)90-115(132-120)114-89-97(71-65-59-53-47-41-35-29-23-17-11-3)119(131-114)107-82-77-102(125-107)101-76-75-93(7)123-101/h75-92H,9-74H2,1-8H3. The van der Waals surface area contributed by atoms with E-state index in [4.69, 9.17) is 0 Å². The summed E-state index contributed by atoms with van der Waals surface area (Å²) in [5.74, 6) is 0. The van der Waals surface area contributed by atoms with Gasteiger partial charge in [0.15, 0.2) is 0 Å². The molecule has 0 nitrogen and oxygen atoms in total. The van der Waals surface area contributed by atoms with Crippen molar-refractivity contribution in [2.24, 2.45) is 0 Å². The lowest BCUT2D eigenvalue weighted by Gasteiger charge is -2.04. The van der Waals surface area contributed by atoms with Crippen LogP contribution in [-0.2, 0) is 38.5 Å². The van der Waals surface area contributed by atoms with Gasteiger partial charge >= 0.3 is 0 Å². The van der Waals surface area contributed by atoms with E-state index in [0.717, 1.165) is 19.3 Å². The van der Waals surface area contributed by atoms with E-state index in [-0.39, 0.29) is 0 Å². The van der Waals surface area contributed by atoms with Crippen molar-refractivity contribution in [3.05, 3.63) is 152 Å². The van der Waals surface area contributed by atoms with Crippen LogP contribution in [0.1, 0.15) is 470 Å². The highest BCUT2D eigenvalue weighted by molar-refractivity contribution is 7.33. The molecule has 734 valence electrons. The quantitative estimate of drug-likeness (QED) is 0.0333. The fourth-order valence-electron chi connectivity index (χ4n) is 20.0.